The van der Waals surface area contributed by atoms with Crippen molar-refractivity contribution in [1.29, 1.82) is 0 Å². The maximum Gasteiger partial charge on any atom is 0.287 e. The van der Waals surface area contributed by atoms with Crippen molar-refractivity contribution in [3.8, 4) is 0 Å². The number of nitrogens with two attached hydrogens (primary N) is 1. The number of aliphatic hydroxyl groups is 1. The lowest BCUT2D eigenvalue weighted by atomic mass is 10.1. The lowest BCUT2D eigenvalue weighted by Gasteiger charge is -2.18. The number of nitrogens with one attached hydrogen (secondary N) is 2. The van der Waals surface area contributed by atoms with Crippen LogP contribution in [0.25, 0.3) is 0 Å². The number of fused-ring (bicyclic) bond motifs is 2. The van der Waals surface area contributed by atoms with Crippen LogP contribution in [-0.4, -0.2) is 35.7 Å². The minimum Gasteiger partial charge on any atom is -0.460 e. The Balaban J connectivity index is 0.000000234. The van der Waals surface area contributed by atoms with E-state index in [0.29, 0.717) is 18.8 Å². The van der Waals surface area contributed by atoms with E-state index in [1.807, 2.05) is 0 Å². The summed E-state index contributed by atoms with van der Waals surface area (Å²) < 4.78 is 5.14. The van der Waals surface area contributed by atoms with Gasteiger partial charge in [-0.25, -0.2) is 0 Å². The summed E-state index contributed by atoms with van der Waals surface area (Å²) >= 11 is 0. The van der Waals surface area contributed by atoms with E-state index in [1.54, 1.807) is 43.2 Å². The third-order valence-electron chi connectivity index (χ3n) is 4.82. The van der Waals surface area contributed by atoms with Crippen LogP contribution in [0.3, 0.4) is 0 Å². The first-order valence-corrected chi connectivity index (χ1v) is 10.2. The van der Waals surface area contributed by atoms with E-state index < -0.39 is 5.60 Å². The van der Waals surface area contributed by atoms with E-state index in [0.717, 1.165) is 11.3 Å². The number of aliphatic imine (C=N–C) groups is 1. The van der Waals surface area contributed by atoms with Gasteiger partial charge in [-0.05, 0) is 62.4 Å². The van der Waals surface area contributed by atoms with E-state index in [1.165, 1.54) is 19.3 Å². The van der Waals surface area contributed by atoms with Crippen molar-refractivity contribution in [1.82, 2.24) is 5.32 Å². The van der Waals surface area contributed by atoms with Gasteiger partial charge in [0.05, 0.1) is 17.8 Å². The molecule has 0 bridgehead atoms. The van der Waals surface area contributed by atoms with Crippen molar-refractivity contribution in [2.45, 2.75) is 45.3 Å². The fourth-order valence-corrected chi connectivity index (χ4v) is 3.39. The van der Waals surface area contributed by atoms with Crippen LogP contribution >= 0.6 is 0 Å². The zero-order valence-electron chi connectivity index (χ0n) is 17.6. The monoisotopic (exact) mass is 410 g/mol. The molecule has 1 heterocycles. The van der Waals surface area contributed by atoms with Gasteiger partial charge >= 0.3 is 0 Å². The summed E-state index contributed by atoms with van der Waals surface area (Å²) in [6.45, 7) is 4.15. The van der Waals surface area contributed by atoms with Crippen LogP contribution in [0, 0.1) is 0 Å². The molecular weight excluding hydrogens is 380 g/mol. The standard InChI is InChI=1S/C14H20N4O3.C9H10/c1-14(2,20)8-16-6-12(19)17-10-3-4-11-9(5-10)7-21-13(15)18-11;1-2-5-9-7-3-6-8(9)4-1/h3-5,16,20H,6-8H2,1-2H3,(H2,15,18)(H,17,19);1-2,4-5H,3,6-7H2. The second kappa shape index (κ2) is 9.73. The topological polar surface area (TPSA) is 109 Å². The van der Waals surface area contributed by atoms with E-state index >= 15 is 0 Å². The number of rotatable bonds is 5. The number of amidine groups is 1. The van der Waals surface area contributed by atoms with Crippen molar-refractivity contribution in [3.05, 3.63) is 59.2 Å². The maximum absolute atomic E-state index is 11.8. The number of anilines is 1. The highest BCUT2D eigenvalue weighted by atomic mass is 16.5. The van der Waals surface area contributed by atoms with Crippen LogP contribution in [0.4, 0.5) is 11.4 Å². The molecular formula is C23H30N4O3. The third kappa shape index (κ3) is 6.57. The summed E-state index contributed by atoms with van der Waals surface area (Å²) in [5, 5.41) is 15.2. The second-order valence-corrected chi connectivity index (χ2v) is 8.17. The predicted octanol–water partition coefficient (Wildman–Crippen LogP) is 2.64. The van der Waals surface area contributed by atoms with Gasteiger partial charge in [0.2, 0.25) is 5.91 Å². The van der Waals surface area contributed by atoms with Gasteiger partial charge in [0.25, 0.3) is 6.02 Å². The Labute approximate surface area is 177 Å². The predicted molar refractivity (Wildman–Crippen MR) is 119 cm³/mol. The van der Waals surface area contributed by atoms with Gasteiger partial charge in [-0.2, -0.15) is 4.99 Å². The molecule has 2 aliphatic rings. The molecule has 1 aliphatic heterocycles. The Morgan fingerprint density at radius 2 is 1.87 bits per heavy atom. The molecule has 0 saturated carbocycles. The van der Waals surface area contributed by atoms with E-state index in [-0.39, 0.29) is 18.5 Å². The number of aryl methyl sites for hydroxylation is 2. The van der Waals surface area contributed by atoms with Gasteiger partial charge in [0.1, 0.15) is 6.61 Å². The largest absolute Gasteiger partial charge is 0.460 e. The SMILES string of the molecule is CC(C)(O)CNCC(=O)Nc1ccc2c(c1)COC(N)=N2.c1ccc2c(c1)CCC2. The number of carbonyl (C=O) groups is 1. The molecule has 0 radical (unpaired) electrons. The van der Waals surface area contributed by atoms with Gasteiger partial charge in [-0.3, -0.25) is 4.79 Å². The maximum atomic E-state index is 11.8. The quantitative estimate of drug-likeness (QED) is 0.606. The van der Waals surface area contributed by atoms with Crippen LogP contribution in [0.5, 0.6) is 0 Å². The molecule has 2 aromatic rings. The number of carbonyl (C=O) groups excluding carboxylic acids is 1. The van der Waals surface area contributed by atoms with Crippen LogP contribution in [0.2, 0.25) is 0 Å². The zero-order chi connectivity index (χ0) is 21.6. The number of ether oxygens (including phenoxy) is 1. The normalized spacial score (nSPS) is 14.4. The van der Waals surface area contributed by atoms with Crippen LogP contribution < -0.4 is 16.4 Å². The van der Waals surface area contributed by atoms with Crippen molar-refractivity contribution < 1.29 is 14.6 Å². The Morgan fingerprint density at radius 3 is 2.53 bits per heavy atom. The van der Waals surface area contributed by atoms with Crippen LogP contribution in [0.1, 0.15) is 37.0 Å². The molecule has 2 aromatic carbocycles. The highest BCUT2D eigenvalue weighted by Gasteiger charge is 2.14. The van der Waals surface area contributed by atoms with Gasteiger partial charge in [0, 0.05) is 17.8 Å². The van der Waals surface area contributed by atoms with Gasteiger partial charge in [-0.15, -0.1) is 0 Å². The summed E-state index contributed by atoms with van der Waals surface area (Å²) in [7, 11) is 0. The highest BCUT2D eigenvalue weighted by molar-refractivity contribution is 5.92. The Kier molecular flexibility index (Phi) is 7.07. The molecule has 0 fully saturated rings. The van der Waals surface area contributed by atoms with Crippen molar-refractivity contribution in [2.24, 2.45) is 10.7 Å². The summed E-state index contributed by atoms with van der Waals surface area (Å²) in [5.74, 6) is -0.182. The molecule has 0 saturated heterocycles. The van der Waals surface area contributed by atoms with Crippen molar-refractivity contribution in [3.63, 3.8) is 0 Å². The molecule has 4 rings (SSSR count). The second-order valence-electron chi connectivity index (χ2n) is 8.17. The first kappa shape index (κ1) is 21.8. The summed E-state index contributed by atoms with van der Waals surface area (Å²) in [6, 6.07) is 14.2. The average Bonchev–Trinajstić information content (AvgIpc) is 3.16. The zero-order valence-corrected chi connectivity index (χ0v) is 17.6. The Morgan fingerprint density at radius 1 is 1.17 bits per heavy atom. The first-order valence-electron chi connectivity index (χ1n) is 10.2. The molecule has 7 nitrogen and oxygen atoms in total. The minimum atomic E-state index is -0.846. The molecule has 30 heavy (non-hydrogen) atoms. The molecule has 5 N–H and O–H groups in total. The molecule has 0 unspecified atom stereocenters. The first-order chi connectivity index (χ1) is 14.3. The van der Waals surface area contributed by atoms with Gasteiger partial charge < -0.3 is 26.2 Å². The van der Waals surface area contributed by atoms with Gasteiger partial charge in [-0.1, -0.05) is 24.3 Å². The fraction of sp³-hybridized carbons (Fsp3) is 0.391. The van der Waals surface area contributed by atoms with Gasteiger partial charge in [0.15, 0.2) is 0 Å². The van der Waals surface area contributed by atoms with E-state index in [9.17, 15) is 9.90 Å². The number of hydrogen-bond donors (Lipinski definition) is 4. The molecule has 0 atom stereocenters. The average molecular weight is 411 g/mol. The number of amides is 1. The number of benzene rings is 2. The molecule has 7 heteroatoms. The molecule has 160 valence electrons. The Bertz CT molecular complexity index is 896. The number of nitrogens with zero attached hydrogens (tertiary/aromatic N) is 1. The minimum absolute atomic E-state index is 0.128. The van der Waals surface area contributed by atoms with Crippen LogP contribution in [-0.2, 0) is 29.0 Å². The Hall–Kier alpha value is -2.90. The summed E-state index contributed by atoms with van der Waals surface area (Å²) in [5.41, 5.74) is 10.1. The molecule has 0 spiro atoms. The summed E-state index contributed by atoms with van der Waals surface area (Å²) in [6.07, 6.45) is 3.96. The highest BCUT2D eigenvalue weighted by Crippen LogP contribution is 2.26. The van der Waals surface area contributed by atoms with E-state index in [2.05, 4.69) is 39.9 Å². The van der Waals surface area contributed by atoms with Crippen molar-refractivity contribution in [2.75, 3.05) is 18.4 Å². The smallest absolute Gasteiger partial charge is 0.287 e. The lowest BCUT2D eigenvalue weighted by Crippen LogP contribution is -2.38. The fourth-order valence-electron chi connectivity index (χ4n) is 3.39. The third-order valence-corrected chi connectivity index (χ3v) is 4.82. The molecule has 0 aromatic heterocycles. The van der Waals surface area contributed by atoms with Crippen LogP contribution in [0.15, 0.2) is 47.5 Å². The molecule has 1 aliphatic carbocycles. The number of hydrogen-bond acceptors (Lipinski definition) is 6. The summed E-state index contributed by atoms with van der Waals surface area (Å²) in [4.78, 5) is 15.8. The van der Waals surface area contributed by atoms with E-state index in [4.69, 9.17) is 10.5 Å². The molecule has 1 amide bonds. The van der Waals surface area contributed by atoms with Crippen molar-refractivity contribution >= 4 is 23.3 Å². The lowest BCUT2D eigenvalue weighted by molar-refractivity contribution is -0.115.